The third kappa shape index (κ3) is 5.87. The van der Waals surface area contributed by atoms with Crippen molar-refractivity contribution in [1.29, 1.82) is 0 Å². The number of aliphatic carboxylic acids is 1. The van der Waals surface area contributed by atoms with Crippen molar-refractivity contribution in [3.8, 4) is 5.75 Å². The molecule has 1 aliphatic carbocycles. The van der Waals surface area contributed by atoms with Crippen LogP contribution in [-0.4, -0.2) is 42.3 Å². The molecule has 1 saturated carbocycles. The highest BCUT2D eigenvalue weighted by molar-refractivity contribution is 5.95. The summed E-state index contributed by atoms with van der Waals surface area (Å²) in [4.78, 5) is 35.1. The smallest absolute Gasteiger partial charge is 0.337 e. The molecule has 0 atom stereocenters. The normalized spacial score (nSPS) is 19.3. The molecular weight excluding hydrogens is 352 g/mol. The third-order valence-corrected chi connectivity index (χ3v) is 4.42. The molecule has 8 heteroatoms. The average Bonchev–Trinajstić information content (AvgIpc) is 2.62. The van der Waals surface area contributed by atoms with Crippen molar-refractivity contribution in [2.45, 2.75) is 51.7 Å². The first kappa shape index (κ1) is 20.5. The summed E-state index contributed by atoms with van der Waals surface area (Å²) in [5, 5.41) is 14.6. The SMILES string of the molecule is COC(=O)c1ccc(OC(C)C)c(NC(=O)NC2CCC(C(=O)O)CC2)c1. The summed E-state index contributed by atoms with van der Waals surface area (Å²) in [6.07, 6.45) is 2.20. The summed E-state index contributed by atoms with van der Waals surface area (Å²) in [6.45, 7) is 3.72. The van der Waals surface area contributed by atoms with E-state index in [1.165, 1.54) is 13.2 Å². The molecule has 2 amide bonds. The van der Waals surface area contributed by atoms with Gasteiger partial charge in [-0.2, -0.15) is 0 Å². The number of hydrogen-bond acceptors (Lipinski definition) is 5. The first-order valence-corrected chi connectivity index (χ1v) is 8.99. The number of carbonyl (C=O) groups excluding carboxylic acids is 2. The van der Waals surface area contributed by atoms with Crippen LogP contribution in [0.2, 0.25) is 0 Å². The number of ether oxygens (including phenoxy) is 2. The van der Waals surface area contributed by atoms with Crippen LogP contribution in [0.5, 0.6) is 5.75 Å². The van der Waals surface area contributed by atoms with Crippen LogP contribution in [0.1, 0.15) is 49.9 Å². The molecule has 0 aromatic heterocycles. The summed E-state index contributed by atoms with van der Waals surface area (Å²) in [5.41, 5.74) is 0.661. The molecule has 1 aliphatic rings. The summed E-state index contributed by atoms with van der Waals surface area (Å²) in [5.74, 6) is -1.19. The zero-order chi connectivity index (χ0) is 20.0. The van der Waals surface area contributed by atoms with Crippen LogP contribution < -0.4 is 15.4 Å². The Balaban J connectivity index is 2.04. The number of methoxy groups -OCH3 is 1. The van der Waals surface area contributed by atoms with Crippen molar-refractivity contribution in [2.75, 3.05) is 12.4 Å². The molecule has 0 saturated heterocycles. The molecule has 2 rings (SSSR count). The van der Waals surface area contributed by atoms with Gasteiger partial charge in [-0.1, -0.05) is 0 Å². The molecule has 0 spiro atoms. The highest BCUT2D eigenvalue weighted by Gasteiger charge is 2.27. The zero-order valence-electron chi connectivity index (χ0n) is 15.8. The number of esters is 1. The Labute approximate surface area is 158 Å². The van der Waals surface area contributed by atoms with E-state index in [-0.39, 0.29) is 18.1 Å². The second kappa shape index (κ2) is 9.25. The average molecular weight is 378 g/mol. The van der Waals surface area contributed by atoms with E-state index in [2.05, 4.69) is 10.6 Å². The molecule has 8 nitrogen and oxygen atoms in total. The Morgan fingerprint density at radius 3 is 2.37 bits per heavy atom. The van der Waals surface area contributed by atoms with Gasteiger partial charge in [0, 0.05) is 6.04 Å². The Morgan fingerprint density at radius 2 is 1.81 bits per heavy atom. The molecule has 1 aromatic carbocycles. The number of carboxylic acid groups (broad SMARTS) is 1. The number of urea groups is 1. The maximum Gasteiger partial charge on any atom is 0.337 e. The first-order chi connectivity index (χ1) is 12.8. The predicted octanol–water partition coefficient (Wildman–Crippen LogP) is 3.03. The Kier molecular flexibility index (Phi) is 7.04. The van der Waals surface area contributed by atoms with Gasteiger partial charge in [0.25, 0.3) is 0 Å². The van der Waals surface area contributed by atoms with E-state index in [0.717, 1.165) is 0 Å². The van der Waals surface area contributed by atoms with Gasteiger partial charge in [-0.05, 0) is 57.7 Å². The van der Waals surface area contributed by atoms with E-state index >= 15 is 0 Å². The minimum atomic E-state index is -0.784. The number of anilines is 1. The third-order valence-electron chi connectivity index (χ3n) is 4.42. The van der Waals surface area contributed by atoms with Crippen molar-refractivity contribution in [2.24, 2.45) is 5.92 Å². The summed E-state index contributed by atoms with van der Waals surface area (Å²) in [7, 11) is 1.29. The second-order valence-electron chi connectivity index (χ2n) is 6.85. The number of nitrogens with one attached hydrogen (secondary N) is 2. The Morgan fingerprint density at radius 1 is 1.15 bits per heavy atom. The van der Waals surface area contributed by atoms with E-state index in [1.807, 2.05) is 13.8 Å². The van der Waals surface area contributed by atoms with Crippen molar-refractivity contribution in [3.05, 3.63) is 23.8 Å². The molecule has 0 radical (unpaired) electrons. The molecule has 148 valence electrons. The number of benzene rings is 1. The largest absolute Gasteiger partial charge is 0.489 e. The van der Waals surface area contributed by atoms with E-state index in [9.17, 15) is 14.4 Å². The maximum atomic E-state index is 12.4. The second-order valence-corrected chi connectivity index (χ2v) is 6.85. The Bertz CT molecular complexity index is 695. The van der Waals surface area contributed by atoms with E-state index < -0.39 is 18.0 Å². The summed E-state index contributed by atoms with van der Waals surface area (Å²) >= 11 is 0. The van der Waals surface area contributed by atoms with Gasteiger partial charge in [0.1, 0.15) is 5.75 Å². The van der Waals surface area contributed by atoms with E-state index in [1.54, 1.807) is 12.1 Å². The van der Waals surface area contributed by atoms with Crippen LogP contribution in [0.3, 0.4) is 0 Å². The van der Waals surface area contributed by atoms with Crippen LogP contribution in [0, 0.1) is 5.92 Å². The lowest BCUT2D eigenvalue weighted by atomic mass is 9.86. The maximum absolute atomic E-state index is 12.4. The Hall–Kier alpha value is -2.77. The van der Waals surface area contributed by atoms with Gasteiger partial charge in [0.15, 0.2) is 0 Å². The van der Waals surface area contributed by atoms with E-state index in [4.69, 9.17) is 14.6 Å². The fourth-order valence-electron chi connectivity index (χ4n) is 3.06. The highest BCUT2D eigenvalue weighted by atomic mass is 16.5. The van der Waals surface area contributed by atoms with Crippen molar-refractivity contribution >= 4 is 23.7 Å². The topological polar surface area (TPSA) is 114 Å². The molecular formula is C19H26N2O6. The van der Waals surface area contributed by atoms with Crippen LogP contribution in [-0.2, 0) is 9.53 Å². The molecule has 1 aromatic rings. The minimum absolute atomic E-state index is 0.0844. The van der Waals surface area contributed by atoms with Crippen molar-refractivity contribution in [1.82, 2.24) is 5.32 Å². The lowest BCUT2D eigenvalue weighted by Crippen LogP contribution is -2.41. The molecule has 3 N–H and O–H groups in total. The van der Waals surface area contributed by atoms with Gasteiger partial charge < -0.3 is 25.2 Å². The lowest BCUT2D eigenvalue weighted by molar-refractivity contribution is -0.142. The number of amides is 2. The van der Waals surface area contributed by atoms with Crippen LogP contribution in [0.25, 0.3) is 0 Å². The molecule has 0 unspecified atom stereocenters. The van der Waals surface area contributed by atoms with Crippen LogP contribution >= 0.6 is 0 Å². The van der Waals surface area contributed by atoms with Gasteiger partial charge in [0.05, 0.1) is 30.4 Å². The van der Waals surface area contributed by atoms with Gasteiger partial charge in [-0.15, -0.1) is 0 Å². The van der Waals surface area contributed by atoms with Crippen LogP contribution in [0.15, 0.2) is 18.2 Å². The first-order valence-electron chi connectivity index (χ1n) is 8.99. The number of carboxylic acids is 1. The monoisotopic (exact) mass is 378 g/mol. The van der Waals surface area contributed by atoms with Crippen LogP contribution in [0.4, 0.5) is 10.5 Å². The van der Waals surface area contributed by atoms with E-state index in [0.29, 0.717) is 42.7 Å². The van der Waals surface area contributed by atoms with Gasteiger partial charge in [-0.3, -0.25) is 4.79 Å². The molecule has 1 fully saturated rings. The van der Waals surface area contributed by atoms with Gasteiger partial charge >= 0.3 is 18.0 Å². The fraction of sp³-hybridized carbons (Fsp3) is 0.526. The molecule has 27 heavy (non-hydrogen) atoms. The highest BCUT2D eigenvalue weighted by Crippen LogP contribution is 2.28. The predicted molar refractivity (Wildman–Crippen MR) is 99.1 cm³/mol. The molecule has 0 aliphatic heterocycles. The standard InChI is InChI=1S/C19H26N2O6/c1-11(2)27-16-9-6-13(18(24)26-3)10-15(16)21-19(25)20-14-7-4-12(5-8-14)17(22)23/h6,9-12,14H,4-5,7-8H2,1-3H3,(H,22,23)(H2,20,21,25). The van der Waals surface area contributed by atoms with Gasteiger partial charge in [-0.25, -0.2) is 9.59 Å². The van der Waals surface area contributed by atoms with Crippen molar-refractivity contribution < 1.29 is 29.0 Å². The summed E-state index contributed by atoms with van der Waals surface area (Å²) < 4.78 is 10.4. The minimum Gasteiger partial charge on any atom is -0.489 e. The number of rotatable bonds is 6. The lowest BCUT2D eigenvalue weighted by Gasteiger charge is -2.27. The quantitative estimate of drug-likeness (QED) is 0.656. The molecule has 0 bridgehead atoms. The van der Waals surface area contributed by atoms with Gasteiger partial charge in [0.2, 0.25) is 0 Å². The fourth-order valence-corrected chi connectivity index (χ4v) is 3.06. The zero-order valence-corrected chi connectivity index (χ0v) is 15.8. The molecule has 0 heterocycles. The summed E-state index contributed by atoms with van der Waals surface area (Å²) in [6, 6.07) is 4.17. The number of hydrogen-bond donors (Lipinski definition) is 3. The number of carbonyl (C=O) groups is 3. The van der Waals surface area contributed by atoms with Crippen molar-refractivity contribution in [3.63, 3.8) is 0 Å².